The number of hydrogen-bond acceptors (Lipinski definition) is 2. The molecule has 0 bridgehead atoms. The minimum absolute atomic E-state index is 0.824. The Morgan fingerprint density at radius 2 is 2.13 bits per heavy atom. The fourth-order valence-corrected chi connectivity index (χ4v) is 3.08. The van der Waals surface area contributed by atoms with Gasteiger partial charge in [0.1, 0.15) is 0 Å². The fraction of sp³-hybridized carbons (Fsp3) is 1.00. The second kappa shape index (κ2) is 5.86. The summed E-state index contributed by atoms with van der Waals surface area (Å²) >= 11 is 0. The summed E-state index contributed by atoms with van der Waals surface area (Å²) in [5, 5.41) is 3.67. The Bertz CT molecular complexity index is 167. The van der Waals surface area contributed by atoms with Gasteiger partial charge in [-0.25, -0.2) is 0 Å². The molecule has 88 valence electrons. The van der Waals surface area contributed by atoms with Crippen molar-refractivity contribution in [2.24, 2.45) is 5.92 Å². The van der Waals surface area contributed by atoms with Crippen LogP contribution in [0.15, 0.2) is 0 Å². The van der Waals surface area contributed by atoms with Gasteiger partial charge in [-0.2, -0.15) is 0 Å². The number of hydrogen-bond donors (Lipinski definition) is 1. The molecule has 2 fully saturated rings. The Morgan fingerprint density at radius 3 is 2.93 bits per heavy atom. The Balaban J connectivity index is 1.63. The topological polar surface area (TPSA) is 15.3 Å². The zero-order valence-electron chi connectivity index (χ0n) is 10.2. The van der Waals surface area contributed by atoms with Crippen molar-refractivity contribution in [1.29, 1.82) is 0 Å². The monoisotopic (exact) mass is 210 g/mol. The number of rotatable bonds is 5. The van der Waals surface area contributed by atoms with Gasteiger partial charge in [-0.15, -0.1) is 0 Å². The van der Waals surface area contributed by atoms with Crippen LogP contribution >= 0.6 is 0 Å². The second-order valence-electron chi connectivity index (χ2n) is 5.28. The third kappa shape index (κ3) is 3.18. The van der Waals surface area contributed by atoms with Crippen LogP contribution in [0.4, 0.5) is 0 Å². The van der Waals surface area contributed by atoms with Crippen molar-refractivity contribution in [2.75, 3.05) is 26.2 Å². The molecule has 2 aliphatic heterocycles. The third-order valence-electron chi connectivity index (χ3n) is 4.00. The van der Waals surface area contributed by atoms with Gasteiger partial charge in [-0.1, -0.05) is 26.2 Å². The molecule has 2 nitrogen and oxygen atoms in total. The van der Waals surface area contributed by atoms with Gasteiger partial charge in [0.2, 0.25) is 0 Å². The van der Waals surface area contributed by atoms with Gasteiger partial charge < -0.3 is 10.2 Å². The highest BCUT2D eigenvalue weighted by atomic mass is 15.2. The first kappa shape index (κ1) is 11.4. The van der Waals surface area contributed by atoms with E-state index in [1.165, 1.54) is 64.7 Å². The van der Waals surface area contributed by atoms with Gasteiger partial charge in [-0.05, 0) is 38.3 Å². The fourth-order valence-electron chi connectivity index (χ4n) is 3.08. The number of fused-ring (bicyclic) bond motifs is 1. The smallest absolute Gasteiger partial charge is 0.0235 e. The average molecular weight is 210 g/mol. The van der Waals surface area contributed by atoms with Gasteiger partial charge in [0.15, 0.2) is 0 Å². The Labute approximate surface area is 94.4 Å². The molecule has 0 spiro atoms. The van der Waals surface area contributed by atoms with E-state index in [0.717, 1.165) is 12.0 Å². The molecule has 0 unspecified atom stereocenters. The molecular formula is C13H26N2. The molecule has 0 aromatic rings. The number of piperidine rings is 1. The van der Waals surface area contributed by atoms with Gasteiger partial charge in [0.05, 0.1) is 0 Å². The molecule has 2 rings (SSSR count). The SMILES string of the molecule is CCCCCCN1C[C@@H]2CCCN[C@@H]2C1. The molecule has 2 saturated heterocycles. The lowest BCUT2D eigenvalue weighted by atomic mass is 9.94. The van der Waals surface area contributed by atoms with Crippen LogP contribution in [-0.4, -0.2) is 37.1 Å². The molecule has 0 amide bonds. The van der Waals surface area contributed by atoms with Crippen molar-refractivity contribution in [1.82, 2.24) is 10.2 Å². The molecule has 2 atom stereocenters. The predicted molar refractivity (Wildman–Crippen MR) is 65.1 cm³/mol. The summed E-state index contributed by atoms with van der Waals surface area (Å²) in [7, 11) is 0. The summed E-state index contributed by atoms with van der Waals surface area (Å²) in [5.41, 5.74) is 0. The maximum Gasteiger partial charge on any atom is 0.0235 e. The first-order valence-electron chi connectivity index (χ1n) is 6.86. The second-order valence-corrected chi connectivity index (χ2v) is 5.28. The summed E-state index contributed by atoms with van der Waals surface area (Å²) in [6, 6.07) is 0.824. The summed E-state index contributed by atoms with van der Waals surface area (Å²) < 4.78 is 0. The largest absolute Gasteiger partial charge is 0.312 e. The van der Waals surface area contributed by atoms with E-state index in [2.05, 4.69) is 17.1 Å². The number of nitrogens with one attached hydrogen (secondary N) is 1. The number of nitrogens with zero attached hydrogens (tertiary/aromatic N) is 1. The molecule has 2 aliphatic rings. The van der Waals surface area contributed by atoms with Crippen molar-refractivity contribution >= 4 is 0 Å². The summed E-state index contributed by atoms with van der Waals surface area (Å²) in [6.07, 6.45) is 8.46. The molecule has 1 N–H and O–H groups in total. The van der Waals surface area contributed by atoms with Crippen LogP contribution in [0.3, 0.4) is 0 Å². The standard InChI is InChI=1S/C13H26N2/c1-2-3-4-5-9-15-10-12-7-6-8-14-13(12)11-15/h12-14H,2-11H2,1H3/t12-,13+/m0/s1. The van der Waals surface area contributed by atoms with Crippen LogP contribution < -0.4 is 5.32 Å². The lowest BCUT2D eigenvalue weighted by molar-refractivity contribution is 0.311. The third-order valence-corrected chi connectivity index (χ3v) is 4.00. The molecule has 15 heavy (non-hydrogen) atoms. The zero-order chi connectivity index (χ0) is 10.5. The number of likely N-dealkylation sites (tertiary alicyclic amines) is 1. The van der Waals surface area contributed by atoms with Gasteiger partial charge in [0.25, 0.3) is 0 Å². The highest BCUT2D eigenvalue weighted by molar-refractivity contribution is 4.91. The maximum absolute atomic E-state index is 3.67. The summed E-state index contributed by atoms with van der Waals surface area (Å²) in [4.78, 5) is 2.68. The average Bonchev–Trinajstić information content (AvgIpc) is 2.67. The maximum atomic E-state index is 3.67. The van der Waals surface area contributed by atoms with E-state index in [1.54, 1.807) is 0 Å². The van der Waals surface area contributed by atoms with Crippen LogP contribution in [-0.2, 0) is 0 Å². The highest BCUT2D eigenvalue weighted by Gasteiger charge is 2.33. The first-order valence-corrected chi connectivity index (χ1v) is 6.86. The summed E-state index contributed by atoms with van der Waals surface area (Å²) in [5.74, 6) is 0.963. The van der Waals surface area contributed by atoms with E-state index in [9.17, 15) is 0 Å². The summed E-state index contributed by atoms with van der Waals surface area (Å²) in [6.45, 7) is 7.56. The molecule has 2 heteroatoms. The van der Waals surface area contributed by atoms with Crippen LogP contribution in [0.25, 0.3) is 0 Å². The lowest BCUT2D eigenvalue weighted by Gasteiger charge is -2.24. The van der Waals surface area contributed by atoms with E-state index in [1.807, 2.05) is 0 Å². The van der Waals surface area contributed by atoms with Crippen molar-refractivity contribution < 1.29 is 0 Å². The Hall–Kier alpha value is -0.0800. The van der Waals surface area contributed by atoms with Crippen LogP contribution in [0.2, 0.25) is 0 Å². The van der Waals surface area contributed by atoms with E-state index < -0.39 is 0 Å². The minimum atomic E-state index is 0.824. The van der Waals surface area contributed by atoms with Crippen LogP contribution in [0, 0.1) is 5.92 Å². The molecule has 0 aliphatic carbocycles. The molecule has 0 aromatic carbocycles. The zero-order valence-corrected chi connectivity index (χ0v) is 10.2. The minimum Gasteiger partial charge on any atom is -0.312 e. The van der Waals surface area contributed by atoms with Crippen molar-refractivity contribution in [3.63, 3.8) is 0 Å². The van der Waals surface area contributed by atoms with Crippen molar-refractivity contribution in [3.05, 3.63) is 0 Å². The van der Waals surface area contributed by atoms with Gasteiger partial charge >= 0.3 is 0 Å². The quantitative estimate of drug-likeness (QED) is 0.700. The number of unbranched alkanes of at least 4 members (excludes halogenated alkanes) is 3. The normalized spacial score (nSPS) is 31.8. The lowest BCUT2D eigenvalue weighted by Crippen LogP contribution is -2.40. The molecule has 0 radical (unpaired) electrons. The molecule has 0 aromatic heterocycles. The van der Waals surface area contributed by atoms with Crippen LogP contribution in [0.5, 0.6) is 0 Å². The first-order chi connectivity index (χ1) is 7.40. The Kier molecular flexibility index (Phi) is 4.45. The van der Waals surface area contributed by atoms with Crippen molar-refractivity contribution in [3.8, 4) is 0 Å². The molecular weight excluding hydrogens is 184 g/mol. The van der Waals surface area contributed by atoms with E-state index in [4.69, 9.17) is 0 Å². The van der Waals surface area contributed by atoms with Gasteiger partial charge in [0, 0.05) is 19.1 Å². The van der Waals surface area contributed by atoms with E-state index >= 15 is 0 Å². The predicted octanol–water partition coefficient (Wildman–Crippen LogP) is 2.25. The van der Waals surface area contributed by atoms with Crippen LogP contribution in [0.1, 0.15) is 45.4 Å². The van der Waals surface area contributed by atoms with Crippen molar-refractivity contribution in [2.45, 2.75) is 51.5 Å². The Morgan fingerprint density at radius 1 is 1.20 bits per heavy atom. The molecule has 0 saturated carbocycles. The van der Waals surface area contributed by atoms with E-state index in [-0.39, 0.29) is 0 Å². The molecule has 2 heterocycles. The van der Waals surface area contributed by atoms with E-state index in [0.29, 0.717) is 0 Å². The van der Waals surface area contributed by atoms with Gasteiger partial charge in [-0.3, -0.25) is 0 Å². The highest BCUT2D eigenvalue weighted by Crippen LogP contribution is 2.24.